The maximum absolute atomic E-state index is 12.9. The molecule has 1 fully saturated rings. The summed E-state index contributed by atoms with van der Waals surface area (Å²) in [5.41, 5.74) is 0. The maximum Gasteiger partial charge on any atom is 0.367 e. The molecule has 0 aliphatic carbocycles. The molecule has 0 bridgehead atoms. The zero-order chi connectivity index (χ0) is 14.8. The molecular weight excluding hydrogens is 298 g/mol. The van der Waals surface area contributed by atoms with Gasteiger partial charge in [-0.3, -0.25) is 0 Å². The van der Waals surface area contributed by atoms with Crippen LogP contribution in [0.2, 0.25) is 0 Å². The highest BCUT2D eigenvalue weighted by molar-refractivity contribution is 7.86. The molecule has 9 heteroatoms. The average Bonchev–Trinajstić information content (AvgIpc) is 3.17. The van der Waals surface area contributed by atoms with Gasteiger partial charge in [0.15, 0.2) is 16.7 Å². The summed E-state index contributed by atoms with van der Waals surface area (Å²) in [5, 5.41) is -4.48. The number of hydrogen-bond acceptors (Lipinski definition) is 6. The van der Waals surface area contributed by atoms with E-state index >= 15 is 0 Å². The highest BCUT2D eigenvalue weighted by Gasteiger charge is 2.38. The Bertz CT molecular complexity index is 570. The molecule has 0 aromatic heterocycles. The molecule has 0 saturated carbocycles. The first kappa shape index (κ1) is 14.9. The van der Waals surface area contributed by atoms with Crippen LogP contribution >= 0.6 is 0 Å². The van der Waals surface area contributed by atoms with Crippen LogP contribution < -0.4 is 9.47 Å². The summed E-state index contributed by atoms with van der Waals surface area (Å²) >= 11 is 0. The smallest absolute Gasteiger partial charge is 0.367 e. The van der Waals surface area contributed by atoms with Gasteiger partial charge < -0.3 is 18.8 Å². The predicted octanol–water partition coefficient (Wildman–Crippen LogP) is 0.981. The van der Waals surface area contributed by atoms with Gasteiger partial charge in [-0.2, -0.15) is 8.78 Å². The van der Waals surface area contributed by atoms with E-state index in [-0.39, 0.29) is 11.9 Å². The van der Waals surface area contributed by atoms with E-state index in [9.17, 15) is 21.8 Å². The number of epoxide rings is 1. The molecule has 1 aliphatic rings. The molecule has 20 heavy (non-hydrogen) atoms. The van der Waals surface area contributed by atoms with E-state index in [1.54, 1.807) is 6.07 Å². The Morgan fingerprint density at radius 3 is 2.50 bits per heavy atom. The predicted molar refractivity (Wildman–Crippen MR) is 61.8 cm³/mol. The molecule has 0 amide bonds. The third-order valence-electron chi connectivity index (χ3n) is 2.42. The van der Waals surface area contributed by atoms with E-state index in [0.29, 0.717) is 19.0 Å². The van der Waals surface area contributed by atoms with Crippen molar-refractivity contribution in [3.8, 4) is 11.5 Å². The minimum Gasteiger partial charge on any atom is -0.743 e. The van der Waals surface area contributed by atoms with Crippen molar-refractivity contribution >= 4 is 10.1 Å². The molecule has 0 radical (unpaired) electrons. The minimum atomic E-state index is -5.75. The monoisotopic (exact) mass is 309 g/mol. The van der Waals surface area contributed by atoms with Crippen LogP contribution in [-0.4, -0.2) is 44.1 Å². The maximum atomic E-state index is 12.9. The Balaban J connectivity index is 1.93. The van der Waals surface area contributed by atoms with Crippen molar-refractivity contribution in [2.75, 3.05) is 19.8 Å². The highest BCUT2D eigenvalue weighted by Crippen LogP contribution is 2.25. The van der Waals surface area contributed by atoms with Crippen molar-refractivity contribution < 1.29 is 36.0 Å². The lowest BCUT2D eigenvalue weighted by Gasteiger charge is -2.20. The summed E-state index contributed by atoms with van der Waals surface area (Å²) in [6, 6.07) is 5.73. The standard InChI is InChI=1S/C11H12F2O6S/c12-11(13,20(14,15)16)7-19-9-3-1-2-8(4-9)17-5-10-6-18-10/h1-4,10H,5-7H2,(H,14,15,16)/p-1. The van der Waals surface area contributed by atoms with Gasteiger partial charge in [0.2, 0.25) is 0 Å². The minimum absolute atomic E-state index is 0.0254. The Hall–Kier alpha value is -1.45. The van der Waals surface area contributed by atoms with Crippen LogP contribution in [0.25, 0.3) is 0 Å². The third kappa shape index (κ3) is 4.02. The van der Waals surface area contributed by atoms with Crippen LogP contribution in [0, 0.1) is 0 Å². The second kappa shape index (κ2) is 5.51. The zero-order valence-corrected chi connectivity index (χ0v) is 10.9. The average molecular weight is 309 g/mol. The van der Waals surface area contributed by atoms with E-state index in [2.05, 4.69) is 4.74 Å². The summed E-state index contributed by atoms with van der Waals surface area (Å²) < 4.78 is 71.6. The van der Waals surface area contributed by atoms with Gasteiger partial charge in [0, 0.05) is 6.07 Å². The van der Waals surface area contributed by atoms with E-state index in [4.69, 9.17) is 9.47 Å². The van der Waals surface area contributed by atoms with Gasteiger partial charge >= 0.3 is 5.25 Å². The van der Waals surface area contributed by atoms with Gasteiger partial charge in [-0.25, -0.2) is 8.42 Å². The molecule has 1 unspecified atom stereocenters. The van der Waals surface area contributed by atoms with Gasteiger partial charge in [0.1, 0.15) is 24.2 Å². The lowest BCUT2D eigenvalue weighted by molar-refractivity contribution is 0.0278. The topological polar surface area (TPSA) is 88.2 Å². The van der Waals surface area contributed by atoms with Crippen molar-refractivity contribution in [3.63, 3.8) is 0 Å². The van der Waals surface area contributed by atoms with Gasteiger partial charge in [-0.15, -0.1) is 0 Å². The molecule has 1 aromatic carbocycles. The zero-order valence-electron chi connectivity index (χ0n) is 10.1. The molecule has 1 aromatic rings. The number of hydrogen-bond donors (Lipinski definition) is 0. The van der Waals surface area contributed by atoms with Gasteiger partial charge in [0.05, 0.1) is 6.61 Å². The largest absolute Gasteiger partial charge is 0.743 e. The Labute approximate surface area is 114 Å². The number of benzene rings is 1. The lowest BCUT2D eigenvalue weighted by Crippen LogP contribution is -2.35. The molecule has 6 nitrogen and oxygen atoms in total. The molecule has 2 rings (SSSR count). The first-order valence-electron chi connectivity index (χ1n) is 5.58. The van der Waals surface area contributed by atoms with Crippen LogP contribution in [0.1, 0.15) is 0 Å². The van der Waals surface area contributed by atoms with E-state index in [1.807, 2.05) is 0 Å². The van der Waals surface area contributed by atoms with Crippen molar-refractivity contribution in [2.45, 2.75) is 11.4 Å². The summed E-state index contributed by atoms with van der Waals surface area (Å²) in [6.45, 7) is -0.605. The second-order valence-corrected chi connectivity index (χ2v) is 5.63. The van der Waals surface area contributed by atoms with Crippen LogP contribution in [0.3, 0.4) is 0 Å². The van der Waals surface area contributed by atoms with Crippen molar-refractivity contribution in [1.82, 2.24) is 0 Å². The molecule has 1 aliphatic heterocycles. The first-order valence-corrected chi connectivity index (χ1v) is 6.99. The molecule has 1 atom stereocenters. The van der Waals surface area contributed by atoms with Gasteiger partial charge in [0.25, 0.3) is 0 Å². The molecular formula is C11H11F2O6S-. The van der Waals surface area contributed by atoms with Gasteiger partial charge in [-0.1, -0.05) is 6.07 Å². The third-order valence-corrected chi connectivity index (χ3v) is 3.27. The molecule has 0 N–H and O–H groups in total. The molecule has 112 valence electrons. The van der Waals surface area contributed by atoms with E-state index < -0.39 is 22.0 Å². The number of rotatable bonds is 7. The summed E-state index contributed by atoms with van der Waals surface area (Å²) in [5.74, 6) is 0.342. The quantitative estimate of drug-likeness (QED) is 0.551. The number of halogens is 2. The van der Waals surface area contributed by atoms with Crippen molar-refractivity contribution in [3.05, 3.63) is 24.3 Å². The van der Waals surface area contributed by atoms with Crippen LogP contribution in [0.4, 0.5) is 8.78 Å². The van der Waals surface area contributed by atoms with Gasteiger partial charge in [-0.05, 0) is 12.1 Å². The second-order valence-electron chi connectivity index (χ2n) is 4.12. The molecule has 0 spiro atoms. The summed E-state index contributed by atoms with van der Waals surface area (Å²) in [4.78, 5) is 0. The number of ether oxygens (including phenoxy) is 3. The normalized spacial score (nSPS) is 18.6. The van der Waals surface area contributed by atoms with Crippen LogP contribution in [-0.2, 0) is 14.9 Å². The lowest BCUT2D eigenvalue weighted by atomic mass is 10.3. The number of alkyl halides is 2. The summed E-state index contributed by atoms with van der Waals surface area (Å²) in [6.07, 6.45) is 0.0366. The van der Waals surface area contributed by atoms with Crippen LogP contribution in [0.5, 0.6) is 11.5 Å². The fourth-order valence-electron chi connectivity index (χ4n) is 1.25. The van der Waals surface area contributed by atoms with E-state index in [1.165, 1.54) is 18.2 Å². The first-order chi connectivity index (χ1) is 9.28. The van der Waals surface area contributed by atoms with E-state index in [0.717, 1.165) is 0 Å². The Kier molecular flexibility index (Phi) is 4.11. The Morgan fingerprint density at radius 1 is 1.35 bits per heavy atom. The fourth-order valence-corrected chi connectivity index (χ4v) is 1.45. The van der Waals surface area contributed by atoms with Crippen molar-refractivity contribution in [2.24, 2.45) is 0 Å². The SMILES string of the molecule is O=S(=O)([O-])C(F)(F)COc1cccc(OCC2CO2)c1. The van der Waals surface area contributed by atoms with Crippen molar-refractivity contribution in [1.29, 1.82) is 0 Å². The molecule has 1 saturated heterocycles. The highest BCUT2D eigenvalue weighted by atomic mass is 32.2. The Morgan fingerprint density at radius 2 is 1.95 bits per heavy atom. The van der Waals surface area contributed by atoms with Crippen LogP contribution in [0.15, 0.2) is 24.3 Å². The summed E-state index contributed by atoms with van der Waals surface area (Å²) in [7, 11) is -5.75. The fraction of sp³-hybridized carbons (Fsp3) is 0.455. The molecule has 1 heterocycles.